The molecule has 0 amide bonds. The molecular formula is C14H23IO4. The largest absolute Gasteiger partial charge is 0.465 e. The summed E-state index contributed by atoms with van der Waals surface area (Å²) < 4.78 is 12.1. The van der Waals surface area contributed by atoms with Gasteiger partial charge in [0.25, 0.3) is 0 Å². The Labute approximate surface area is 129 Å². The molecule has 0 aromatic rings. The van der Waals surface area contributed by atoms with Gasteiger partial charge in [-0.15, -0.1) is 0 Å². The molecule has 0 heterocycles. The van der Waals surface area contributed by atoms with Gasteiger partial charge in [-0.05, 0) is 43.6 Å². The number of allylic oxidation sites excluding steroid dienone is 1. The average molecular weight is 380 g/mol. The molecule has 4 nitrogen and oxygen atoms in total. The van der Waals surface area contributed by atoms with Crippen LogP contribution < -0.4 is 0 Å². The van der Waals surface area contributed by atoms with Gasteiger partial charge in [0.05, 0.1) is 13.2 Å². The number of hydrogen-bond acceptors (Lipinski definition) is 4. The zero-order chi connectivity index (χ0) is 14.7. The summed E-state index contributed by atoms with van der Waals surface area (Å²) in [6.45, 7) is 5.84. The van der Waals surface area contributed by atoms with Gasteiger partial charge >= 0.3 is 11.9 Å². The minimum atomic E-state index is -1.15. The normalized spacial score (nSPS) is 11.6. The lowest BCUT2D eigenvalue weighted by Gasteiger charge is -2.27. The molecule has 0 aliphatic heterocycles. The third kappa shape index (κ3) is 5.50. The van der Waals surface area contributed by atoms with Crippen molar-refractivity contribution in [1.82, 2.24) is 0 Å². The van der Waals surface area contributed by atoms with Crippen molar-refractivity contribution >= 4 is 34.5 Å². The van der Waals surface area contributed by atoms with Gasteiger partial charge in [-0.1, -0.05) is 35.6 Å². The monoisotopic (exact) mass is 380 g/mol. The number of hydrogen-bond donors (Lipinski definition) is 0. The highest BCUT2D eigenvalue weighted by molar-refractivity contribution is 14.1. The van der Waals surface area contributed by atoms with E-state index in [0.29, 0.717) is 12.8 Å². The summed E-state index contributed by atoms with van der Waals surface area (Å²) in [5.41, 5.74) is -1.15. The highest BCUT2D eigenvalue weighted by Gasteiger charge is 2.46. The first kappa shape index (κ1) is 18.4. The van der Waals surface area contributed by atoms with Crippen LogP contribution in [0.15, 0.2) is 10.2 Å². The standard InChI is InChI=1S/C14H23IO4/c1-4-14(12(16)18-5-2,13(17)19-6-3)10-8-7-9-11-15/h9,11H,4-8,10H2,1-3H3/b11-9+/i15-2. The van der Waals surface area contributed by atoms with Crippen LogP contribution in [0.4, 0.5) is 0 Å². The lowest BCUT2D eigenvalue weighted by molar-refractivity contribution is -0.173. The quantitative estimate of drug-likeness (QED) is 0.265. The molecule has 0 saturated carbocycles. The van der Waals surface area contributed by atoms with Crippen LogP contribution in [0.2, 0.25) is 0 Å². The zero-order valence-electron chi connectivity index (χ0n) is 11.9. The van der Waals surface area contributed by atoms with Gasteiger partial charge in [0.2, 0.25) is 0 Å². The molecule has 0 saturated heterocycles. The van der Waals surface area contributed by atoms with E-state index in [0.717, 1.165) is 12.8 Å². The predicted octanol–water partition coefficient (Wildman–Crippen LogP) is 3.63. The maximum atomic E-state index is 12.1. The number of esters is 2. The van der Waals surface area contributed by atoms with E-state index in [1.807, 2.05) is 17.1 Å². The predicted molar refractivity (Wildman–Crippen MR) is 83.0 cm³/mol. The molecule has 19 heavy (non-hydrogen) atoms. The van der Waals surface area contributed by atoms with Crippen LogP contribution in [0.5, 0.6) is 0 Å². The fourth-order valence-electron chi connectivity index (χ4n) is 1.88. The molecule has 0 unspecified atom stereocenters. The van der Waals surface area contributed by atoms with Crippen molar-refractivity contribution in [2.24, 2.45) is 5.41 Å². The van der Waals surface area contributed by atoms with Crippen molar-refractivity contribution in [3.8, 4) is 0 Å². The fraction of sp³-hybridized carbons (Fsp3) is 0.714. The highest BCUT2D eigenvalue weighted by Crippen LogP contribution is 2.32. The van der Waals surface area contributed by atoms with Crippen molar-refractivity contribution in [2.75, 3.05) is 13.2 Å². The number of carbonyl (C=O) groups is 2. The van der Waals surface area contributed by atoms with Gasteiger partial charge < -0.3 is 9.47 Å². The first-order valence-corrected chi connectivity index (χ1v) is 7.93. The van der Waals surface area contributed by atoms with Gasteiger partial charge in [0.15, 0.2) is 5.41 Å². The molecule has 0 rings (SSSR count). The molecule has 0 radical (unpaired) electrons. The molecule has 110 valence electrons. The second kappa shape index (κ2) is 10.2. The van der Waals surface area contributed by atoms with E-state index in [2.05, 4.69) is 22.6 Å². The molecule has 0 N–H and O–H groups in total. The van der Waals surface area contributed by atoms with Gasteiger partial charge in [0, 0.05) is 0 Å². The number of unbranched alkanes of at least 4 members (excludes halogenated alkanes) is 1. The summed E-state index contributed by atoms with van der Waals surface area (Å²) >= 11 is 2.15. The van der Waals surface area contributed by atoms with Crippen LogP contribution in [-0.2, 0) is 19.1 Å². The van der Waals surface area contributed by atoms with Crippen LogP contribution >= 0.6 is 22.6 Å². The van der Waals surface area contributed by atoms with E-state index >= 15 is 0 Å². The van der Waals surface area contributed by atoms with Crippen LogP contribution in [0, 0.1) is 5.41 Å². The molecule has 0 spiro atoms. The minimum Gasteiger partial charge on any atom is -0.465 e. The van der Waals surface area contributed by atoms with Crippen molar-refractivity contribution < 1.29 is 19.1 Å². The number of rotatable bonds is 9. The smallest absolute Gasteiger partial charge is 0.323 e. The molecule has 0 aromatic heterocycles. The molecule has 0 aliphatic rings. The number of ether oxygens (including phenoxy) is 2. The maximum Gasteiger partial charge on any atom is 0.323 e. The Morgan fingerprint density at radius 1 is 1.11 bits per heavy atom. The Morgan fingerprint density at radius 3 is 2.00 bits per heavy atom. The van der Waals surface area contributed by atoms with E-state index < -0.39 is 17.4 Å². The summed E-state index contributed by atoms with van der Waals surface area (Å²) in [6.07, 6.45) is 4.46. The SMILES string of the molecule is CCOC(=O)C(CC)(CCC/C=C/[125I])C(=O)OCC. The Morgan fingerprint density at radius 2 is 1.63 bits per heavy atom. The second-order valence-electron chi connectivity index (χ2n) is 4.13. The van der Waals surface area contributed by atoms with Crippen molar-refractivity contribution in [3.63, 3.8) is 0 Å². The van der Waals surface area contributed by atoms with Gasteiger partial charge in [-0.2, -0.15) is 0 Å². The Balaban J connectivity index is 4.94. The lowest BCUT2D eigenvalue weighted by atomic mass is 9.80. The summed E-state index contributed by atoms with van der Waals surface area (Å²) in [5, 5.41) is 0. The van der Waals surface area contributed by atoms with Crippen LogP contribution in [0.1, 0.15) is 46.5 Å². The zero-order valence-corrected chi connectivity index (χ0v) is 14.1. The fourth-order valence-corrected chi connectivity index (χ4v) is 2.24. The van der Waals surface area contributed by atoms with Crippen LogP contribution in [0.3, 0.4) is 0 Å². The van der Waals surface area contributed by atoms with E-state index in [-0.39, 0.29) is 13.2 Å². The Kier molecular flexibility index (Phi) is 9.91. The number of halogens is 1. The molecule has 5 heteroatoms. The molecule has 0 aromatic carbocycles. The first-order valence-electron chi connectivity index (χ1n) is 6.68. The van der Waals surface area contributed by atoms with E-state index in [9.17, 15) is 9.59 Å². The topological polar surface area (TPSA) is 52.6 Å². The second-order valence-corrected chi connectivity index (χ2v) is 4.85. The third-order valence-corrected chi connectivity index (χ3v) is 3.51. The lowest BCUT2D eigenvalue weighted by Crippen LogP contribution is -2.41. The molecular weight excluding hydrogens is 357 g/mol. The van der Waals surface area contributed by atoms with Crippen molar-refractivity contribution in [1.29, 1.82) is 0 Å². The number of carbonyl (C=O) groups excluding carboxylic acids is 2. The van der Waals surface area contributed by atoms with Crippen LogP contribution in [-0.4, -0.2) is 25.2 Å². The minimum absolute atomic E-state index is 0.271. The maximum absolute atomic E-state index is 12.1. The summed E-state index contributed by atoms with van der Waals surface area (Å²) in [4.78, 5) is 24.3. The first-order chi connectivity index (χ1) is 9.08. The van der Waals surface area contributed by atoms with Crippen LogP contribution in [0.25, 0.3) is 0 Å². The molecule has 0 fully saturated rings. The third-order valence-electron chi connectivity index (χ3n) is 3.00. The Bertz CT molecular complexity index is 295. The highest BCUT2D eigenvalue weighted by atomic mass is 125. The summed E-state index contributed by atoms with van der Waals surface area (Å²) in [6, 6.07) is 0. The Hall–Kier alpha value is -0.590. The van der Waals surface area contributed by atoms with Gasteiger partial charge in [-0.25, -0.2) is 0 Å². The van der Waals surface area contributed by atoms with E-state index in [1.54, 1.807) is 13.8 Å². The van der Waals surface area contributed by atoms with Crippen molar-refractivity contribution in [2.45, 2.75) is 46.5 Å². The average Bonchev–Trinajstić information content (AvgIpc) is 2.40. The molecule has 0 aliphatic carbocycles. The molecule has 0 bridgehead atoms. The van der Waals surface area contributed by atoms with Gasteiger partial charge in [-0.3, -0.25) is 9.59 Å². The molecule has 0 atom stereocenters. The summed E-state index contributed by atoms with van der Waals surface area (Å²) in [7, 11) is 0. The summed E-state index contributed by atoms with van der Waals surface area (Å²) in [5.74, 6) is -0.927. The van der Waals surface area contributed by atoms with Gasteiger partial charge in [0.1, 0.15) is 0 Å². The van der Waals surface area contributed by atoms with Crippen molar-refractivity contribution in [3.05, 3.63) is 10.2 Å². The van der Waals surface area contributed by atoms with E-state index in [1.165, 1.54) is 0 Å². The van der Waals surface area contributed by atoms with E-state index in [4.69, 9.17) is 9.47 Å².